The van der Waals surface area contributed by atoms with Crippen molar-refractivity contribution < 1.29 is 0 Å². The molecule has 0 atom stereocenters. The molecule has 5 heteroatoms. The van der Waals surface area contributed by atoms with E-state index in [-0.39, 0.29) is 0 Å². The number of halogens is 1. The van der Waals surface area contributed by atoms with Gasteiger partial charge in [-0.05, 0) is 37.5 Å². The molecule has 0 bridgehead atoms. The zero-order valence-electron chi connectivity index (χ0n) is 17.2. The standard InChI is InChI=1S/C23H28BrN4/c1-5-19-23(28(4,16-6-7-16)17-8-9-17)27-11-10-25-21(22(27)26-19)20-15(3)12-14(2)13-18(20)24/h10-13,16-17H,5-9H2,1-4H3/q+1. The lowest BCUT2D eigenvalue weighted by Crippen LogP contribution is -2.50. The average Bonchev–Trinajstić information content (AvgIpc) is 3.54. The monoisotopic (exact) mass is 439 g/mol. The minimum atomic E-state index is 0.752. The number of nitrogens with zero attached hydrogens (tertiary/aromatic N) is 4. The van der Waals surface area contributed by atoms with E-state index in [9.17, 15) is 0 Å². The highest BCUT2D eigenvalue weighted by atomic mass is 79.9. The zero-order chi connectivity index (χ0) is 19.6. The Kier molecular flexibility index (Phi) is 4.18. The maximum atomic E-state index is 5.16. The second-order valence-electron chi connectivity index (χ2n) is 8.75. The fourth-order valence-electron chi connectivity index (χ4n) is 5.02. The summed E-state index contributed by atoms with van der Waals surface area (Å²) in [6, 6.07) is 5.90. The Bertz CT molecular complexity index is 1040. The number of rotatable bonds is 5. The van der Waals surface area contributed by atoms with Gasteiger partial charge in [-0.3, -0.25) is 13.9 Å². The summed E-state index contributed by atoms with van der Waals surface area (Å²) < 4.78 is 4.50. The van der Waals surface area contributed by atoms with Crippen molar-refractivity contribution in [1.82, 2.24) is 18.9 Å². The van der Waals surface area contributed by atoms with Crippen molar-refractivity contribution in [2.75, 3.05) is 7.05 Å². The summed E-state index contributed by atoms with van der Waals surface area (Å²) in [5.74, 6) is 1.40. The summed E-state index contributed by atoms with van der Waals surface area (Å²) >= 11 is 3.79. The molecule has 0 spiro atoms. The van der Waals surface area contributed by atoms with E-state index in [1.807, 2.05) is 6.20 Å². The summed E-state index contributed by atoms with van der Waals surface area (Å²) in [4.78, 5) is 9.96. The average molecular weight is 440 g/mol. The van der Waals surface area contributed by atoms with Crippen molar-refractivity contribution in [2.24, 2.45) is 0 Å². The molecule has 2 aromatic heterocycles. The van der Waals surface area contributed by atoms with Gasteiger partial charge in [0, 0.05) is 48.1 Å². The van der Waals surface area contributed by atoms with Crippen molar-refractivity contribution in [3.63, 3.8) is 0 Å². The highest BCUT2D eigenvalue weighted by Gasteiger charge is 2.55. The van der Waals surface area contributed by atoms with Gasteiger partial charge < -0.3 is 0 Å². The molecule has 5 rings (SSSR count). The van der Waals surface area contributed by atoms with Crippen LogP contribution < -0.4 is 4.48 Å². The molecule has 2 aliphatic rings. The number of aryl methyl sites for hydroxylation is 3. The van der Waals surface area contributed by atoms with Gasteiger partial charge in [-0.2, -0.15) is 0 Å². The first-order chi connectivity index (χ1) is 13.4. The van der Waals surface area contributed by atoms with Gasteiger partial charge in [0.05, 0.1) is 19.1 Å². The van der Waals surface area contributed by atoms with Crippen molar-refractivity contribution in [2.45, 2.75) is 65.0 Å². The van der Waals surface area contributed by atoms with Crippen LogP contribution in [0.3, 0.4) is 0 Å². The molecule has 2 heterocycles. The van der Waals surface area contributed by atoms with Crippen LogP contribution in [-0.4, -0.2) is 33.5 Å². The van der Waals surface area contributed by atoms with Crippen LogP contribution in [0.4, 0.5) is 5.82 Å². The molecule has 0 radical (unpaired) electrons. The molecule has 1 aromatic carbocycles. The number of hydrogen-bond acceptors (Lipinski definition) is 2. The van der Waals surface area contributed by atoms with Gasteiger partial charge in [0.2, 0.25) is 5.82 Å². The molecule has 0 saturated heterocycles. The maximum Gasteiger partial charge on any atom is 0.236 e. The van der Waals surface area contributed by atoms with Crippen LogP contribution in [0, 0.1) is 13.8 Å². The molecule has 0 N–H and O–H groups in total. The summed E-state index contributed by atoms with van der Waals surface area (Å²) in [6.07, 6.45) is 10.4. The smallest absolute Gasteiger partial charge is 0.236 e. The molecule has 4 nitrogen and oxygen atoms in total. The molecule has 0 unspecified atom stereocenters. The summed E-state index contributed by atoms with van der Waals surface area (Å²) in [5.41, 5.74) is 6.85. The third kappa shape index (κ3) is 2.66. The van der Waals surface area contributed by atoms with Crippen LogP contribution in [0.15, 0.2) is 29.0 Å². The van der Waals surface area contributed by atoms with Crippen LogP contribution in [0.2, 0.25) is 0 Å². The summed E-state index contributed by atoms with van der Waals surface area (Å²) in [5, 5.41) is 0. The third-order valence-corrected chi connectivity index (χ3v) is 7.28. The van der Waals surface area contributed by atoms with Crippen LogP contribution in [-0.2, 0) is 6.42 Å². The number of hydrogen-bond donors (Lipinski definition) is 0. The van der Waals surface area contributed by atoms with Crippen molar-refractivity contribution in [3.8, 4) is 11.3 Å². The normalized spacial score (nSPS) is 17.5. The third-order valence-electron chi connectivity index (χ3n) is 6.66. The van der Waals surface area contributed by atoms with Gasteiger partial charge in [0.1, 0.15) is 11.4 Å². The molecule has 2 aliphatic carbocycles. The van der Waals surface area contributed by atoms with E-state index >= 15 is 0 Å². The predicted octanol–water partition coefficient (Wildman–Crippen LogP) is 5.60. The van der Waals surface area contributed by atoms with E-state index in [4.69, 9.17) is 9.97 Å². The highest BCUT2D eigenvalue weighted by Crippen LogP contribution is 2.48. The summed E-state index contributed by atoms with van der Waals surface area (Å²) in [6.45, 7) is 6.53. The Balaban J connectivity index is 1.79. The Hall–Kier alpha value is -1.72. The number of quaternary nitrogens is 1. The first-order valence-corrected chi connectivity index (χ1v) is 11.2. The minimum Gasteiger partial charge on any atom is -0.272 e. The van der Waals surface area contributed by atoms with Gasteiger partial charge in [0.15, 0.2) is 5.65 Å². The van der Waals surface area contributed by atoms with E-state index in [0.29, 0.717) is 0 Å². The lowest BCUT2D eigenvalue weighted by molar-refractivity contribution is 0.297. The quantitative estimate of drug-likeness (QED) is 0.484. The Labute approximate surface area is 175 Å². The number of aromatic nitrogens is 3. The first kappa shape index (κ1) is 18.3. The largest absolute Gasteiger partial charge is 0.272 e. The van der Waals surface area contributed by atoms with Crippen molar-refractivity contribution >= 4 is 27.4 Å². The fourth-order valence-corrected chi connectivity index (χ4v) is 5.88. The lowest BCUT2D eigenvalue weighted by Gasteiger charge is -2.34. The van der Waals surface area contributed by atoms with E-state index in [1.54, 1.807) is 0 Å². The molecular formula is C23H28BrN4+. The molecule has 28 heavy (non-hydrogen) atoms. The van der Waals surface area contributed by atoms with Crippen molar-refractivity contribution in [3.05, 3.63) is 45.8 Å². The van der Waals surface area contributed by atoms with E-state index in [2.05, 4.69) is 66.5 Å². The highest BCUT2D eigenvalue weighted by molar-refractivity contribution is 9.10. The SMILES string of the molecule is CCc1nc2c(-c3c(C)cc(C)cc3Br)nccn2c1[N+](C)(C1CC1)C1CC1. The van der Waals surface area contributed by atoms with Crippen LogP contribution >= 0.6 is 15.9 Å². The van der Waals surface area contributed by atoms with Crippen molar-refractivity contribution in [1.29, 1.82) is 0 Å². The van der Waals surface area contributed by atoms with Crippen LogP contribution in [0.25, 0.3) is 16.9 Å². The fraction of sp³-hybridized carbons (Fsp3) is 0.478. The van der Waals surface area contributed by atoms with Gasteiger partial charge in [-0.25, -0.2) is 4.98 Å². The number of fused-ring (bicyclic) bond motifs is 1. The Morgan fingerprint density at radius 2 is 1.82 bits per heavy atom. The molecule has 3 aromatic rings. The summed E-state index contributed by atoms with van der Waals surface area (Å²) in [7, 11) is 2.45. The maximum absolute atomic E-state index is 5.16. The van der Waals surface area contributed by atoms with Gasteiger partial charge >= 0.3 is 0 Å². The Morgan fingerprint density at radius 1 is 1.14 bits per heavy atom. The number of benzene rings is 1. The van der Waals surface area contributed by atoms with Gasteiger partial charge in [-0.1, -0.05) is 28.9 Å². The number of imidazole rings is 1. The van der Waals surface area contributed by atoms with E-state index in [1.165, 1.54) is 48.3 Å². The van der Waals surface area contributed by atoms with Gasteiger partial charge in [-0.15, -0.1) is 0 Å². The zero-order valence-corrected chi connectivity index (χ0v) is 18.8. The van der Waals surface area contributed by atoms with E-state index < -0.39 is 0 Å². The van der Waals surface area contributed by atoms with E-state index in [0.717, 1.165) is 44.4 Å². The molecule has 2 saturated carbocycles. The Morgan fingerprint density at radius 3 is 2.39 bits per heavy atom. The molecule has 146 valence electrons. The molecule has 0 aliphatic heterocycles. The molecule has 2 fully saturated rings. The second-order valence-corrected chi connectivity index (χ2v) is 9.61. The minimum absolute atomic E-state index is 0.752. The molecular weight excluding hydrogens is 412 g/mol. The van der Waals surface area contributed by atoms with Crippen LogP contribution in [0.5, 0.6) is 0 Å². The lowest BCUT2D eigenvalue weighted by atomic mass is 10.0. The van der Waals surface area contributed by atoms with Crippen LogP contribution in [0.1, 0.15) is 49.4 Å². The predicted molar refractivity (Wildman–Crippen MR) is 119 cm³/mol. The first-order valence-electron chi connectivity index (χ1n) is 10.4. The second kappa shape index (κ2) is 6.39. The van der Waals surface area contributed by atoms with Gasteiger partial charge in [0.25, 0.3) is 0 Å². The topological polar surface area (TPSA) is 30.2 Å². The molecule has 0 amide bonds.